The number of nitrogens with zero attached hydrogens (tertiary/aromatic N) is 2. The van der Waals surface area contributed by atoms with E-state index in [1.165, 1.54) is 36.8 Å². The fraction of sp³-hybridized carbons (Fsp3) is 0.250. The number of rotatable bonds is 4. The molecule has 3 aromatic carbocycles. The molecule has 0 N–H and O–H groups in total. The van der Waals surface area contributed by atoms with Gasteiger partial charge < -0.3 is 9.80 Å². The van der Waals surface area contributed by atoms with E-state index in [-0.39, 0.29) is 0 Å². The highest BCUT2D eigenvalue weighted by atomic mass is 79.9. The largest absolute Gasteiger partial charge is 0.367 e. The van der Waals surface area contributed by atoms with Crippen molar-refractivity contribution < 1.29 is 0 Å². The average molecular weight is 453 g/mol. The van der Waals surface area contributed by atoms with E-state index in [0.717, 1.165) is 26.2 Å². The molecule has 0 atom stereocenters. The molecule has 0 amide bonds. The van der Waals surface area contributed by atoms with Gasteiger partial charge in [0.15, 0.2) is 0 Å². The molecule has 1 heterocycles. The summed E-state index contributed by atoms with van der Waals surface area (Å²) in [5, 5.41) is 0. The Morgan fingerprint density at radius 2 is 1.32 bits per heavy atom. The lowest BCUT2D eigenvalue weighted by Gasteiger charge is -2.38. The summed E-state index contributed by atoms with van der Waals surface area (Å²) in [4.78, 5) is 7.67. The predicted molar refractivity (Wildman–Crippen MR) is 125 cm³/mol. The highest BCUT2D eigenvalue weighted by molar-refractivity contribution is 9.10. The van der Waals surface area contributed by atoms with Crippen LogP contribution in [0, 0.1) is 13.8 Å². The second kappa shape index (κ2) is 8.62. The normalized spacial score (nSPS) is 14.4. The number of para-hydroxylation sites is 2. The number of hydrogen-bond acceptors (Lipinski definition) is 3. The Morgan fingerprint density at radius 1 is 0.714 bits per heavy atom. The molecular weight excluding hydrogens is 428 g/mol. The second-order valence-electron chi connectivity index (χ2n) is 7.26. The predicted octanol–water partition coefficient (Wildman–Crippen LogP) is 6.54. The molecule has 28 heavy (non-hydrogen) atoms. The lowest BCUT2D eigenvalue weighted by molar-refractivity contribution is 0.649. The minimum atomic E-state index is 1.03. The third-order valence-corrected chi connectivity index (χ3v) is 7.14. The first-order valence-corrected chi connectivity index (χ1v) is 11.3. The molecule has 0 saturated carbocycles. The Balaban J connectivity index is 1.51. The first-order valence-electron chi connectivity index (χ1n) is 9.70. The molecule has 1 saturated heterocycles. The van der Waals surface area contributed by atoms with Crippen molar-refractivity contribution in [3.63, 3.8) is 0 Å². The molecule has 0 aromatic heterocycles. The maximum absolute atomic E-state index is 3.69. The summed E-state index contributed by atoms with van der Waals surface area (Å²) in [6.07, 6.45) is 0. The van der Waals surface area contributed by atoms with Crippen molar-refractivity contribution in [2.75, 3.05) is 36.0 Å². The van der Waals surface area contributed by atoms with E-state index in [9.17, 15) is 0 Å². The molecule has 1 aliphatic rings. The highest BCUT2D eigenvalue weighted by Gasteiger charge is 2.21. The van der Waals surface area contributed by atoms with Crippen LogP contribution in [0.3, 0.4) is 0 Å². The number of anilines is 2. The van der Waals surface area contributed by atoms with Gasteiger partial charge in [0, 0.05) is 40.4 Å². The molecule has 3 aromatic rings. The van der Waals surface area contributed by atoms with Gasteiger partial charge in [-0.25, -0.2) is 0 Å². The van der Waals surface area contributed by atoms with Crippen LogP contribution in [0.5, 0.6) is 0 Å². The van der Waals surface area contributed by atoms with Gasteiger partial charge in [-0.1, -0.05) is 53.7 Å². The maximum atomic E-state index is 3.69. The van der Waals surface area contributed by atoms with Crippen LogP contribution in [-0.2, 0) is 0 Å². The minimum Gasteiger partial charge on any atom is -0.367 e. The van der Waals surface area contributed by atoms with Crippen molar-refractivity contribution in [1.29, 1.82) is 0 Å². The van der Waals surface area contributed by atoms with Crippen molar-refractivity contribution in [3.05, 3.63) is 82.3 Å². The Labute approximate surface area is 180 Å². The molecule has 2 nitrogen and oxygen atoms in total. The van der Waals surface area contributed by atoms with E-state index >= 15 is 0 Å². The van der Waals surface area contributed by atoms with Crippen LogP contribution in [-0.4, -0.2) is 26.2 Å². The summed E-state index contributed by atoms with van der Waals surface area (Å²) in [6.45, 7) is 8.49. The molecule has 4 heteroatoms. The fourth-order valence-electron chi connectivity index (χ4n) is 3.73. The van der Waals surface area contributed by atoms with Crippen LogP contribution >= 0.6 is 27.7 Å². The van der Waals surface area contributed by atoms with Gasteiger partial charge >= 0.3 is 0 Å². The molecule has 144 valence electrons. The van der Waals surface area contributed by atoms with Crippen LogP contribution < -0.4 is 9.80 Å². The Morgan fingerprint density at radius 3 is 2.00 bits per heavy atom. The molecule has 1 fully saturated rings. The van der Waals surface area contributed by atoms with E-state index in [1.807, 2.05) is 11.8 Å². The zero-order valence-electron chi connectivity index (χ0n) is 16.4. The smallest absolute Gasteiger partial charge is 0.0511 e. The topological polar surface area (TPSA) is 6.48 Å². The highest BCUT2D eigenvalue weighted by Crippen LogP contribution is 2.38. The summed E-state index contributed by atoms with van der Waals surface area (Å²) in [5.41, 5.74) is 5.30. The van der Waals surface area contributed by atoms with Gasteiger partial charge in [0.05, 0.1) is 11.4 Å². The van der Waals surface area contributed by atoms with E-state index < -0.39 is 0 Å². The van der Waals surface area contributed by atoms with Crippen molar-refractivity contribution in [2.45, 2.75) is 23.6 Å². The van der Waals surface area contributed by atoms with Gasteiger partial charge in [-0.3, -0.25) is 0 Å². The lowest BCUT2D eigenvalue weighted by atomic mass is 10.2. The third kappa shape index (κ3) is 4.23. The number of halogens is 1. The monoisotopic (exact) mass is 452 g/mol. The molecule has 4 rings (SSSR count). The first kappa shape index (κ1) is 19.4. The molecule has 1 aliphatic heterocycles. The van der Waals surface area contributed by atoms with Crippen LogP contribution in [0.15, 0.2) is 81.0 Å². The van der Waals surface area contributed by atoms with Crippen molar-refractivity contribution in [2.24, 2.45) is 0 Å². The zero-order valence-corrected chi connectivity index (χ0v) is 18.8. The molecule has 0 unspecified atom stereocenters. The summed E-state index contributed by atoms with van der Waals surface area (Å²) in [5.74, 6) is 0. The molecule has 0 aliphatic carbocycles. The average Bonchev–Trinajstić information content (AvgIpc) is 2.71. The van der Waals surface area contributed by atoms with Crippen molar-refractivity contribution in [3.8, 4) is 0 Å². The summed E-state index contributed by atoms with van der Waals surface area (Å²) < 4.78 is 1.18. The first-order chi connectivity index (χ1) is 13.6. The molecule has 0 spiro atoms. The minimum absolute atomic E-state index is 1.03. The Bertz CT molecular complexity index is 964. The molecule has 0 radical (unpaired) electrons. The zero-order chi connectivity index (χ0) is 19.5. The quantitative estimate of drug-likeness (QED) is 0.443. The van der Waals surface area contributed by atoms with Crippen LogP contribution in [0.2, 0.25) is 0 Å². The Hall–Kier alpha value is -1.91. The van der Waals surface area contributed by atoms with E-state index in [0.29, 0.717) is 0 Å². The van der Waals surface area contributed by atoms with Gasteiger partial charge in [0.1, 0.15) is 0 Å². The SMILES string of the molecule is Cc1ccc(Sc2ccccc2N2CCN(c3ccccc3Br)CC2)c(C)c1. The van der Waals surface area contributed by atoms with Crippen LogP contribution in [0.1, 0.15) is 11.1 Å². The summed E-state index contributed by atoms with van der Waals surface area (Å²) >= 11 is 5.57. The summed E-state index contributed by atoms with van der Waals surface area (Å²) in [6, 6.07) is 24.0. The van der Waals surface area contributed by atoms with E-state index in [1.54, 1.807) is 0 Å². The molecule has 0 bridgehead atoms. The van der Waals surface area contributed by atoms with E-state index in [4.69, 9.17) is 0 Å². The summed E-state index contributed by atoms with van der Waals surface area (Å²) in [7, 11) is 0. The third-order valence-electron chi connectivity index (χ3n) is 5.23. The maximum Gasteiger partial charge on any atom is 0.0511 e. The van der Waals surface area contributed by atoms with Crippen LogP contribution in [0.4, 0.5) is 11.4 Å². The van der Waals surface area contributed by atoms with Gasteiger partial charge in [0.2, 0.25) is 0 Å². The van der Waals surface area contributed by atoms with Crippen LogP contribution in [0.25, 0.3) is 0 Å². The number of benzene rings is 3. The van der Waals surface area contributed by atoms with Gasteiger partial charge in [-0.2, -0.15) is 0 Å². The number of hydrogen-bond donors (Lipinski definition) is 0. The number of aryl methyl sites for hydroxylation is 2. The fourth-order valence-corrected chi connectivity index (χ4v) is 5.31. The van der Waals surface area contributed by atoms with Gasteiger partial charge in [-0.05, 0) is 65.7 Å². The molecular formula is C24H25BrN2S. The lowest BCUT2D eigenvalue weighted by Crippen LogP contribution is -2.46. The standard InChI is InChI=1S/C24H25BrN2S/c1-18-11-12-23(19(2)17-18)28-24-10-6-5-9-22(24)27-15-13-26(14-16-27)21-8-4-3-7-20(21)25/h3-12,17H,13-16H2,1-2H3. The van der Waals surface area contributed by atoms with Crippen molar-refractivity contribution >= 4 is 39.1 Å². The Kier molecular flexibility index (Phi) is 5.98. The number of piperazine rings is 1. The van der Waals surface area contributed by atoms with E-state index in [2.05, 4.69) is 106 Å². The van der Waals surface area contributed by atoms with Gasteiger partial charge in [-0.15, -0.1) is 0 Å². The van der Waals surface area contributed by atoms with Crippen molar-refractivity contribution in [1.82, 2.24) is 0 Å². The second-order valence-corrected chi connectivity index (χ2v) is 9.20. The van der Waals surface area contributed by atoms with Gasteiger partial charge in [0.25, 0.3) is 0 Å².